The molecule has 66 valence electrons. The van der Waals surface area contributed by atoms with Crippen molar-refractivity contribution >= 4 is 28.5 Å². The number of halogens is 1. The molecule has 2 aliphatic heterocycles. The Morgan fingerprint density at radius 3 is 3.33 bits per heavy atom. The molecular weight excluding hydrogens is 192 g/mol. The fourth-order valence-electron chi connectivity index (χ4n) is 1.39. The second kappa shape index (κ2) is 3.71. The molecule has 0 amide bonds. The molecule has 0 saturated heterocycles. The molecule has 0 atom stereocenters. The zero-order valence-electron chi connectivity index (χ0n) is 6.79. The summed E-state index contributed by atoms with van der Waals surface area (Å²) in [5, 5.41) is 3.25. The fourth-order valence-corrected chi connectivity index (χ4v) is 2.66. The monoisotopic (exact) mass is 202 g/mol. The summed E-state index contributed by atoms with van der Waals surface area (Å²) in [6.45, 7) is 2.06. The number of rotatable bonds is 1. The Bertz CT molecular complexity index is 237. The van der Waals surface area contributed by atoms with Gasteiger partial charge in [0.1, 0.15) is 0 Å². The van der Waals surface area contributed by atoms with E-state index in [1.54, 1.807) is 11.8 Å². The van der Waals surface area contributed by atoms with Gasteiger partial charge in [0.15, 0.2) is 5.17 Å². The van der Waals surface area contributed by atoms with Crippen molar-refractivity contribution in [2.24, 2.45) is 4.99 Å². The predicted molar refractivity (Wildman–Crippen MR) is 54.6 cm³/mol. The zero-order valence-corrected chi connectivity index (χ0v) is 8.37. The van der Waals surface area contributed by atoms with E-state index >= 15 is 0 Å². The van der Waals surface area contributed by atoms with Crippen LogP contribution in [-0.2, 0) is 0 Å². The summed E-state index contributed by atoms with van der Waals surface area (Å²) in [4.78, 5) is 6.72. The van der Waals surface area contributed by atoms with Gasteiger partial charge in [-0.1, -0.05) is 11.8 Å². The van der Waals surface area contributed by atoms with Gasteiger partial charge in [-0.05, 0) is 18.2 Å². The molecule has 2 heterocycles. The van der Waals surface area contributed by atoms with Crippen LogP contribution in [0, 0.1) is 0 Å². The number of hydrogen-bond acceptors (Lipinski definition) is 3. The standard InChI is InChI=1S/C8H11ClN2S/c9-5-7-6-12-8-10-3-1-2-4-11(7)8/h6H,1-5H2. The lowest BCUT2D eigenvalue weighted by atomic mass is 10.3. The number of thioether (sulfide) groups is 1. The Labute approximate surface area is 81.7 Å². The maximum Gasteiger partial charge on any atom is 0.167 e. The average molecular weight is 203 g/mol. The van der Waals surface area contributed by atoms with Gasteiger partial charge < -0.3 is 4.90 Å². The van der Waals surface area contributed by atoms with Crippen LogP contribution >= 0.6 is 23.4 Å². The van der Waals surface area contributed by atoms with Gasteiger partial charge in [-0.15, -0.1) is 11.6 Å². The summed E-state index contributed by atoms with van der Waals surface area (Å²) in [6.07, 6.45) is 2.43. The summed E-state index contributed by atoms with van der Waals surface area (Å²) >= 11 is 7.50. The van der Waals surface area contributed by atoms with Crippen LogP contribution in [0.25, 0.3) is 0 Å². The lowest BCUT2D eigenvalue weighted by molar-refractivity contribution is 0.517. The highest BCUT2D eigenvalue weighted by Gasteiger charge is 2.22. The molecule has 0 aliphatic carbocycles. The third-order valence-corrected chi connectivity index (χ3v) is 3.28. The van der Waals surface area contributed by atoms with E-state index in [4.69, 9.17) is 11.6 Å². The lowest BCUT2D eigenvalue weighted by Crippen LogP contribution is -2.24. The van der Waals surface area contributed by atoms with Crippen LogP contribution in [0.1, 0.15) is 12.8 Å². The molecule has 0 unspecified atom stereocenters. The molecule has 2 aliphatic rings. The molecule has 0 bridgehead atoms. The quantitative estimate of drug-likeness (QED) is 0.607. The molecule has 0 saturated carbocycles. The number of fused-ring (bicyclic) bond motifs is 1. The zero-order chi connectivity index (χ0) is 8.39. The van der Waals surface area contributed by atoms with Crippen molar-refractivity contribution in [2.75, 3.05) is 19.0 Å². The van der Waals surface area contributed by atoms with Gasteiger partial charge in [-0.3, -0.25) is 4.99 Å². The van der Waals surface area contributed by atoms with Crippen molar-refractivity contribution in [3.05, 3.63) is 11.1 Å². The van der Waals surface area contributed by atoms with Gasteiger partial charge >= 0.3 is 0 Å². The summed E-state index contributed by atoms with van der Waals surface area (Å²) in [5.41, 5.74) is 1.21. The van der Waals surface area contributed by atoms with Crippen molar-refractivity contribution in [3.8, 4) is 0 Å². The number of allylic oxidation sites excluding steroid dienone is 1. The highest BCUT2D eigenvalue weighted by molar-refractivity contribution is 8.16. The molecule has 2 rings (SSSR count). The minimum atomic E-state index is 0.603. The van der Waals surface area contributed by atoms with E-state index in [0.717, 1.165) is 18.3 Å². The average Bonchev–Trinajstić information content (AvgIpc) is 2.33. The van der Waals surface area contributed by atoms with E-state index in [-0.39, 0.29) is 0 Å². The van der Waals surface area contributed by atoms with Crippen LogP contribution in [-0.4, -0.2) is 29.0 Å². The van der Waals surface area contributed by atoms with Gasteiger partial charge in [0, 0.05) is 18.8 Å². The third kappa shape index (κ3) is 1.48. The summed E-state index contributed by atoms with van der Waals surface area (Å²) in [5.74, 6) is 0.603. The number of hydrogen-bond donors (Lipinski definition) is 0. The number of amidine groups is 1. The van der Waals surface area contributed by atoms with Gasteiger partial charge in [0.2, 0.25) is 0 Å². The van der Waals surface area contributed by atoms with Crippen LogP contribution in [0.4, 0.5) is 0 Å². The topological polar surface area (TPSA) is 15.6 Å². The highest BCUT2D eigenvalue weighted by Crippen LogP contribution is 2.28. The highest BCUT2D eigenvalue weighted by atomic mass is 35.5. The van der Waals surface area contributed by atoms with Gasteiger partial charge in [0.25, 0.3) is 0 Å². The van der Waals surface area contributed by atoms with Crippen LogP contribution in [0.3, 0.4) is 0 Å². The summed E-state index contributed by atoms with van der Waals surface area (Å²) < 4.78 is 0. The first-order valence-electron chi connectivity index (χ1n) is 4.15. The minimum absolute atomic E-state index is 0.603. The smallest absolute Gasteiger partial charge is 0.167 e. The number of nitrogens with zero attached hydrogens (tertiary/aromatic N) is 2. The second-order valence-corrected chi connectivity index (χ2v) is 3.99. The van der Waals surface area contributed by atoms with Gasteiger partial charge in [-0.2, -0.15) is 0 Å². The summed E-state index contributed by atoms with van der Waals surface area (Å²) in [6, 6.07) is 0. The van der Waals surface area contributed by atoms with Crippen molar-refractivity contribution in [3.63, 3.8) is 0 Å². The first-order chi connectivity index (χ1) is 5.92. The summed E-state index contributed by atoms with van der Waals surface area (Å²) in [7, 11) is 0. The lowest BCUT2D eigenvalue weighted by Gasteiger charge is -2.18. The van der Waals surface area contributed by atoms with Crippen LogP contribution in [0.2, 0.25) is 0 Å². The Morgan fingerprint density at radius 1 is 1.58 bits per heavy atom. The molecule has 12 heavy (non-hydrogen) atoms. The number of aliphatic imine (C=N–C) groups is 1. The van der Waals surface area contributed by atoms with E-state index < -0.39 is 0 Å². The van der Waals surface area contributed by atoms with Gasteiger partial charge in [-0.25, -0.2) is 0 Å². The van der Waals surface area contributed by atoms with E-state index in [9.17, 15) is 0 Å². The van der Waals surface area contributed by atoms with E-state index in [1.807, 2.05) is 0 Å². The normalized spacial score (nSPS) is 22.9. The van der Waals surface area contributed by atoms with Gasteiger partial charge in [0.05, 0.1) is 5.88 Å². The molecular formula is C8H11ClN2S. The SMILES string of the molecule is ClCC1=CSC2=NCCCCN12. The number of alkyl halides is 1. The molecule has 0 spiro atoms. The molecule has 0 N–H and O–H groups in total. The Balaban J connectivity index is 2.16. The third-order valence-electron chi connectivity index (χ3n) is 2.05. The molecule has 0 aromatic carbocycles. The van der Waals surface area contributed by atoms with Crippen molar-refractivity contribution < 1.29 is 0 Å². The van der Waals surface area contributed by atoms with E-state index in [2.05, 4.69) is 15.3 Å². The molecule has 0 radical (unpaired) electrons. The molecule has 4 heteroatoms. The maximum atomic E-state index is 5.80. The van der Waals surface area contributed by atoms with Crippen LogP contribution < -0.4 is 0 Å². The maximum absolute atomic E-state index is 5.80. The molecule has 0 fully saturated rings. The van der Waals surface area contributed by atoms with Crippen LogP contribution in [0.15, 0.2) is 16.1 Å². The first-order valence-corrected chi connectivity index (χ1v) is 5.57. The molecule has 0 aromatic rings. The van der Waals surface area contributed by atoms with E-state index in [1.165, 1.54) is 18.5 Å². The minimum Gasteiger partial charge on any atom is -0.323 e. The van der Waals surface area contributed by atoms with Crippen molar-refractivity contribution in [1.29, 1.82) is 0 Å². The molecule has 0 aromatic heterocycles. The second-order valence-electron chi connectivity index (χ2n) is 2.88. The fraction of sp³-hybridized carbons (Fsp3) is 0.625. The van der Waals surface area contributed by atoms with Crippen molar-refractivity contribution in [2.45, 2.75) is 12.8 Å². The molecule has 2 nitrogen and oxygen atoms in total. The largest absolute Gasteiger partial charge is 0.323 e. The van der Waals surface area contributed by atoms with Crippen molar-refractivity contribution in [1.82, 2.24) is 4.90 Å². The van der Waals surface area contributed by atoms with E-state index in [0.29, 0.717) is 5.88 Å². The first kappa shape index (κ1) is 8.45. The Kier molecular flexibility index (Phi) is 2.61. The predicted octanol–water partition coefficient (Wildman–Crippen LogP) is 2.27. The van der Waals surface area contributed by atoms with Crippen LogP contribution in [0.5, 0.6) is 0 Å². The Hall–Kier alpha value is -0.150. The Morgan fingerprint density at radius 2 is 2.50 bits per heavy atom.